The van der Waals surface area contributed by atoms with Gasteiger partial charge in [0, 0.05) is 0 Å². The number of aryl methyl sites for hydroxylation is 2. The monoisotopic (exact) mass is 246 g/mol. The van der Waals surface area contributed by atoms with Crippen LogP contribution in [0.3, 0.4) is 0 Å². The summed E-state index contributed by atoms with van der Waals surface area (Å²) in [4.78, 5) is 0.517. The van der Waals surface area contributed by atoms with Gasteiger partial charge in [-0.15, -0.1) is 0 Å². The van der Waals surface area contributed by atoms with Gasteiger partial charge in [0.15, 0.2) is 11.1 Å². The van der Waals surface area contributed by atoms with E-state index in [1.54, 1.807) is 12.1 Å². The van der Waals surface area contributed by atoms with Gasteiger partial charge in [-0.05, 0) is 30.0 Å². The van der Waals surface area contributed by atoms with Crippen LogP contribution < -0.4 is 0 Å². The average molecular weight is 246 g/mol. The largest absolute Gasteiger partial charge is 0.302 e. The highest BCUT2D eigenvalue weighted by Crippen LogP contribution is 2.15. The van der Waals surface area contributed by atoms with Gasteiger partial charge in [-0.2, -0.15) is 0 Å². The second kappa shape index (κ2) is 5.75. The van der Waals surface area contributed by atoms with Gasteiger partial charge in [0.2, 0.25) is 0 Å². The third-order valence-corrected chi connectivity index (χ3v) is 3.46. The Labute approximate surface area is 104 Å². The summed E-state index contributed by atoms with van der Waals surface area (Å²) in [7, 11) is 0. The Morgan fingerprint density at radius 1 is 0.882 bits per heavy atom. The lowest BCUT2D eigenvalue weighted by Crippen LogP contribution is -1.98. The van der Waals surface area contributed by atoms with E-state index in [9.17, 15) is 8.76 Å². The smallest absolute Gasteiger partial charge is 0.186 e. The van der Waals surface area contributed by atoms with Crippen LogP contribution >= 0.6 is 0 Å². The summed E-state index contributed by atoms with van der Waals surface area (Å²) >= 11 is -1.90. The van der Waals surface area contributed by atoms with Crippen LogP contribution in [0.25, 0.3) is 0 Å². The SMILES string of the molecule is O=S(O)c1ccccc1CCc1ccccc1. The molecule has 0 aliphatic carbocycles. The molecule has 0 aliphatic heterocycles. The highest BCUT2D eigenvalue weighted by atomic mass is 32.2. The van der Waals surface area contributed by atoms with Crippen LogP contribution in [0.5, 0.6) is 0 Å². The third kappa shape index (κ3) is 3.25. The molecule has 1 unspecified atom stereocenters. The van der Waals surface area contributed by atoms with Crippen molar-refractivity contribution in [2.75, 3.05) is 0 Å². The molecule has 2 rings (SSSR count). The van der Waals surface area contributed by atoms with Crippen molar-refractivity contribution in [3.63, 3.8) is 0 Å². The molecular formula is C14H14O2S. The number of hydrogen-bond acceptors (Lipinski definition) is 1. The number of rotatable bonds is 4. The quantitative estimate of drug-likeness (QED) is 0.842. The highest BCUT2D eigenvalue weighted by Gasteiger charge is 2.06. The van der Waals surface area contributed by atoms with Crippen molar-refractivity contribution < 1.29 is 8.76 Å². The minimum Gasteiger partial charge on any atom is -0.302 e. The molecule has 0 radical (unpaired) electrons. The van der Waals surface area contributed by atoms with E-state index in [0.29, 0.717) is 4.90 Å². The van der Waals surface area contributed by atoms with Crippen LogP contribution in [0.2, 0.25) is 0 Å². The van der Waals surface area contributed by atoms with Crippen molar-refractivity contribution in [2.24, 2.45) is 0 Å². The molecule has 3 heteroatoms. The lowest BCUT2D eigenvalue weighted by atomic mass is 10.0. The molecule has 0 bridgehead atoms. The van der Waals surface area contributed by atoms with Crippen molar-refractivity contribution in [1.82, 2.24) is 0 Å². The van der Waals surface area contributed by atoms with Gasteiger partial charge in [-0.3, -0.25) is 0 Å². The van der Waals surface area contributed by atoms with Gasteiger partial charge in [0.1, 0.15) is 0 Å². The highest BCUT2D eigenvalue weighted by molar-refractivity contribution is 7.79. The van der Waals surface area contributed by atoms with E-state index in [-0.39, 0.29) is 0 Å². The van der Waals surface area contributed by atoms with E-state index in [2.05, 4.69) is 12.1 Å². The summed E-state index contributed by atoms with van der Waals surface area (Å²) < 4.78 is 20.3. The van der Waals surface area contributed by atoms with E-state index in [1.165, 1.54) is 5.56 Å². The molecule has 1 atom stereocenters. The molecule has 0 saturated heterocycles. The standard InChI is InChI=1S/C14H14O2S/c15-17(16)14-9-5-4-8-13(14)11-10-12-6-2-1-3-7-12/h1-9H,10-11H2,(H,15,16). The summed E-state index contributed by atoms with van der Waals surface area (Å²) in [6.45, 7) is 0. The molecule has 2 nitrogen and oxygen atoms in total. The zero-order valence-corrected chi connectivity index (χ0v) is 10.2. The Balaban J connectivity index is 2.12. The predicted molar refractivity (Wildman–Crippen MR) is 69.3 cm³/mol. The molecule has 2 aromatic rings. The molecule has 2 aromatic carbocycles. The summed E-state index contributed by atoms with van der Waals surface area (Å²) in [6.07, 6.45) is 1.67. The van der Waals surface area contributed by atoms with Crippen molar-refractivity contribution in [1.29, 1.82) is 0 Å². The summed E-state index contributed by atoms with van der Waals surface area (Å²) in [5.74, 6) is 0. The normalized spacial score (nSPS) is 12.3. The lowest BCUT2D eigenvalue weighted by molar-refractivity contribution is 0.563. The predicted octanol–water partition coefficient (Wildman–Crippen LogP) is 3.05. The Hall–Kier alpha value is -1.45. The van der Waals surface area contributed by atoms with Gasteiger partial charge in [-0.1, -0.05) is 48.5 Å². The van der Waals surface area contributed by atoms with Crippen LogP contribution in [0, 0.1) is 0 Å². The fourth-order valence-electron chi connectivity index (χ4n) is 1.80. The van der Waals surface area contributed by atoms with Crippen molar-refractivity contribution in [3.8, 4) is 0 Å². The molecule has 88 valence electrons. The van der Waals surface area contributed by atoms with Gasteiger partial charge in [0.25, 0.3) is 0 Å². The van der Waals surface area contributed by atoms with E-state index in [1.807, 2.05) is 30.3 Å². The number of benzene rings is 2. The minimum absolute atomic E-state index is 0.517. The van der Waals surface area contributed by atoms with E-state index in [4.69, 9.17) is 0 Å². The first kappa shape index (κ1) is 12.0. The molecule has 17 heavy (non-hydrogen) atoms. The first-order valence-electron chi connectivity index (χ1n) is 5.50. The molecule has 0 saturated carbocycles. The molecule has 0 fully saturated rings. The fourth-order valence-corrected chi connectivity index (χ4v) is 2.39. The Bertz CT molecular complexity index is 509. The Morgan fingerprint density at radius 3 is 2.24 bits per heavy atom. The van der Waals surface area contributed by atoms with Crippen LogP contribution in [-0.2, 0) is 23.9 Å². The van der Waals surface area contributed by atoms with Gasteiger partial charge >= 0.3 is 0 Å². The van der Waals surface area contributed by atoms with E-state index < -0.39 is 11.1 Å². The lowest BCUT2D eigenvalue weighted by Gasteiger charge is -2.06. The second-order valence-corrected chi connectivity index (χ2v) is 4.78. The van der Waals surface area contributed by atoms with E-state index in [0.717, 1.165) is 18.4 Å². The second-order valence-electron chi connectivity index (χ2n) is 3.84. The molecule has 0 spiro atoms. The van der Waals surface area contributed by atoms with Crippen molar-refractivity contribution in [3.05, 3.63) is 65.7 Å². The zero-order chi connectivity index (χ0) is 12.1. The first-order chi connectivity index (χ1) is 8.27. The van der Waals surface area contributed by atoms with Crippen LogP contribution in [0.1, 0.15) is 11.1 Å². The van der Waals surface area contributed by atoms with Crippen LogP contribution in [0.4, 0.5) is 0 Å². The molecule has 1 N–H and O–H groups in total. The fraction of sp³-hybridized carbons (Fsp3) is 0.143. The summed E-state index contributed by atoms with van der Waals surface area (Å²) in [6, 6.07) is 17.4. The maximum absolute atomic E-state index is 11.1. The Kier molecular flexibility index (Phi) is 4.07. The summed E-state index contributed by atoms with van der Waals surface area (Å²) in [5.41, 5.74) is 2.18. The van der Waals surface area contributed by atoms with Crippen LogP contribution in [0.15, 0.2) is 59.5 Å². The van der Waals surface area contributed by atoms with E-state index >= 15 is 0 Å². The van der Waals surface area contributed by atoms with Gasteiger partial charge in [-0.25, -0.2) is 4.21 Å². The third-order valence-electron chi connectivity index (χ3n) is 2.69. The molecule has 0 aromatic heterocycles. The number of hydrogen-bond donors (Lipinski definition) is 1. The van der Waals surface area contributed by atoms with Crippen LogP contribution in [-0.4, -0.2) is 8.76 Å². The maximum atomic E-state index is 11.1. The maximum Gasteiger partial charge on any atom is 0.186 e. The van der Waals surface area contributed by atoms with Crippen molar-refractivity contribution >= 4 is 11.1 Å². The Morgan fingerprint density at radius 2 is 1.53 bits per heavy atom. The van der Waals surface area contributed by atoms with Gasteiger partial charge in [0.05, 0.1) is 4.90 Å². The molecular weight excluding hydrogens is 232 g/mol. The van der Waals surface area contributed by atoms with Crippen molar-refractivity contribution in [2.45, 2.75) is 17.7 Å². The first-order valence-corrected chi connectivity index (χ1v) is 6.61. The zero-order valence-electron chi connectivity index (χ0n) is 9.37. The topological polar surface area (TPSA) is 37.3 Å². The summed E-state index contributed by atoms with van der Waals surface area (Å²) in [5, 5.41) is 0. The minimum atomic E-state index is -1.90. The van der Waals surface area contributed by atoms with Gasteiger partial charge < -0.3 is 4.55 Å². The molecule has 0 aliphatic rings. The molecule has 0 heterocycles. The average Bonchev–Trinajstić information content (AvgIpc) is 2.38. The molecule has 0 amide bonds.